The lowest BCUT2D eigenvalue weighted by molar-refractivity contribution is -0.137. The number of hydrogen-bond donors (Lipinski definition) is 4. The van der Waals surface area contributed by atoms with Crippen LogP contribution in [-0.4, -0.2) is 26.3 Å². The SMILES string of the molecule is C=Cc1ccc(/C(SC(=C)NCC(N)[C@@H](C)c2ccc(C(F)(F)F)cc2)=C(/N)COC)cc1/C=C(\N)F. The lowest BCUT2D eigenvalue weighted by Gasteiger charge is -2.23. The highest BCUT2D eigenvalue weighted by Gasteiger charge is 2.30. The molecule has 0 saturated heterocycles. The van der Waals surface area contributed by atoms with Crippen molar-refractivity contribution in [2.45, 2.75) is 25.1 Å². The van der Waals surface area contributed by atoms with Crippen LogP contribution in [0.25, 0.3) is 17.1 Å². The second kappa shape index (κ2) is 13.4. The maximum Gasteiger partial charge on any atom is 0.416 e. The zero-order valence-electron chi connectivity index (χ0n) is 20.7. The number of methoxy groups -OCH3 is 1. The number of benzene rings is 2. The Balaban J connectivity index is 2.16. The van der Waals surface area contributed by atoms with Gasteiger partial charge in [-0.2, -0.15) is 17.6 Å². The third-order valence-electron chi connectivity index (χ3n) is 5.62. The summed E-state index contributed by atoms with van der Waals surface area (Å²) in [5.41, 5.74) is 20.2. The molecule has 0 radical (unpaired) electrons. The van der Waals surface area contributed by atoms with Gasteiger partial charge in [-0.05, 0) is 52.4 Å². The molecule has 0 saturated carbocycles. The monoisotopic (exact) mass is 536 g/mol. The summed E-state index contributed by atoms with van der Waals surface area (Å²) in [5, 5.41) is 3.70. The molecular formula is C27H32F4N4OS. The van der Waals surface area contributed by atoms with Crippen LogP contribution in [0.2, 0.25) is 0 Å². The van der Waals surface area contributed by atoms with Crippen molar-refractivity contribution in [1.29, 1.82) is 0 Å². The first-order valence-corrected chi connectivity index (χ1v) is 12.1. The van der Waals surface area contributed by atoms with E-state index < -0.39 is 23.7 Å². The highest BCUT2D eigenvalue weighted by molar-refractivity contribution is 8.11. The predicted octanol–water partition coefficient (Wildman–Crippen LogP) is 5.77. The van der Waals surface area contributed by atoms with Gasteiger partial charge >= 0.3 is 6.18 Å². The molecule has 0 aliphatic carbocycles. The molecule has 2 aromatic carbocycles. The number of alkyl halides is 3. The van der Waals surface area contributed by atoms with E-state index >= 15 is 0 Å². The van der Waals surface area contributed by atoms with Gasteiger partial charge in [-0.25, -0.2) is 0 Å². The van der Waals surface area contributed by atoms with Crippen LogP contribution >= 0.6 is 11.8 Å². The zero-order valence-corrected chi connectivity index (χ0v) is 21.6. The van der Waals surface area contributed by atoms with Crippen LogP contribution in [0.5, 0.6) is 0 Å². The molecule has 0 spiro atoms. The first kappa shape index (κ1) is 30.0. The lowest BCUT2D eigenvalue weighted by Crippen LogP contribution is -2.37. The Morgan fingerprint density at radius 3 is 2.32 bits per heavy atom. The molecule has 5 nitrogen and oxygen atoms in total. The number of nitrogens with one attached hydrogen (secondary N) is 1. The van der Waals surface area contributed by atoms with Crippen molar-refractivity contribution in [1.82, 2.24) is 5.32 Å². The van der Waals surface area contributed by atoms with Gasteiger partial charge in [0.2, 0.25) is 0 Å². The molecule has 0 aliphatic rings. The van der Waals surface area contributed by atoms with Gasteiger partial charge < -0.3 is 27.3 Å². The zero-order chi connectivity index (χ0) is 27.8. The van der Waals surface area contributed by atoms with Gasteiger partial charge in [-0.15, -0.1) is 0 Å². The number of hydrogen-bond acceptors (Lipinski definition) is 6. The molecule has 0 bridgehead atoms. The molecule has 37 heavy (non-hydrogen) atoms. The van der Waals surface area contributed by atoms with Crippen LogP contribution in [0.15, 0.2) is 72.3 Å². The van der Waals surface area contributed by atoms with Crippen LogP contribution in [0.1, 0.15) is 40.7 Å². The molecule has 2 atom stereocenters. The topological polar surface area (TPSA) is 99.3 Å². The van der Waals surface area contributed by atoms with Crippen molar-refractivity contribution in [3.63, 3.8) is 0 Å². The van der Waals surface area contributed by atoms with Crippen molar-refractivity contribution in [2.24, 2.45) is 17.2 Å². The molecular weight excluding hydrogens is 504 g/mol. The van der Waals surface area contributed by atoms with E-state index in [2.05, 4.69) is 18.5 Å². The van der Waals surface area contributed by atoms with Gasteiger partial charge in [0, 0.05) is 30.3 Å². The van der Waals surface area contributed by atoms with E-state index in [-0.39, 0.29) is 12.5 Å². The maximum atomic E-state index is 13.4. The maximum absolute atomic E-state index is 13.4. The fourth-order valence-electron chi connectivity index (χ4n) is 3.50. The van der Waals surface area contributed by atoms with Gasteiger partial charge in [0.05, 0.1) is 17.2 Å². The van der Waals surface area contributed by atoms with Crippen molar-refractivity contribution in [2.75, 3.05) is 20.3 Å². The number of ether oxygens (including phenoxy) is 1. The molecule has 0 amide bonds. The van der Waals surface area contributed by atoms with E-state index in [0.717, 1.165) is 12.1 Å². The summed E-state index contributed by atoms with van der Waals surface area (Å²) in [6.07, 6.45) is -1.60. The minimum Gasteiger partial charge on any atom is -0.399 e. The molecule has 10 heteroatoms. The predicted molar refractivity (Wildman–Crippen MR) is 145 cm³/mol. The van der Waals surface area contributed by atoms with E-state index in [0.29, 0.717) is 44.4 Å². The van der Waals surface area contributed by atoms with Crippen molar-refractivity contribution in [3.8, 4) is 0 Å². The highest BCUT2D eigenvalue weighted by Crippen LogP contribution is 2.35. The Bertz CT molecular complexity index is 1160. The van der Waals surface area contributed by atoms with Crippen molar-refractivity contribution in [3.05, 3.63) is 100 Å². The van der Waals surface area contributed by atoms with Crippen LogP contribution in [0.3, 0.4) is 0 Å². The Kier molecular flexibility index (Phi) is 10.8. The quantitative estimate of drug-likeness (QED) is 0.203. The van der Waals surface area contributed by atoms with E-state index in [1.807, 2.05) is 13.0 Å². The fourth-order valence-corrected chi connectivity index (χ4v) is 4.33. The summed E-state index contributed by atoms with van der Waals surface area (Å²) in [6, 6.07) is 9.89. The van der Waals surface area contributed by atoms with E-state index in [1.54, 1.807) is 18.2 Å². The lowest BCUT2D eigenvalue weighted by atomic mass is 9.93. The van der Waals surface area contributed by atoms with Crippen LogP contribution in [0.4, 0.5) is 17.6 Å². The summed E-state index contributed by atoms with van der Waals surface area (Å²) >= 11 is 1.26. The average Bonchev–Trinajstić information content (AvgIpc) is 2.84. The third-order valence-corrected chi connectivity index (χ3v) is 6.71. The summed E-state index contributed by atoms with van der Waals surface area (Å²) < 4.78 is 57.1. The largest absolute Gasteiger partial charge is 0.416 e. The Hall–Kier alpha value is -3.21. The van der Waals surface area contributed by atoms with E-state index in [9.17, 15) is 17.6 Å². The summed E-state index contributed by atoms with van der Waals surface area (Å²) in [5.74, 6) is -1.06. The Morgan fingerprint density at radius 1 is 1.14 bits per heavy atom. The van der Waals surface area contributed by atoms with Crippen LogP contribution in [-0.2, 0) is 10.9 Å². The first-order valence-electron chi connectivity index (χ1n) is 11.3. The van der Waals surface area contributed by atoms with Gasteiger partial charge in [0.1, 0.15) is 0 Å². The Labute approximate surface area is 219 Å². The number of halogens is 4. The van der Waals surface area contributed by atoms with Crippen molar-refractivity contribution >= 4 is 28.8 Å². The Morgan fingerprint density at radius 2 is 1.78 bits per heavy atom. The summed E-state index contributed by atoms with van der Waals surface area (Å²) in [7, 11) is 1.52. The summed E-state index contributed by atoms with van der Waals surface area (Å²) in [6.45, 7) is 10.1. The number of thioether (sulfide) groups is 1. The van der Waals surface area contributed by atoms with Crippen LogP contribution in [0, 0.1) is 0 Å². The van der Waals surface area contributed by atoms with Gasteiger partial charge in [-0.3, -0.25) is 0 Å². The van der Waals surface area contributed by atoms with Gasteiger partial charge in [0.15, 0.2) is 5.95 Å². The molecule has 200 valence electrons. The molecule has 0 aromatic heterocycles. The minimum absolute atomic E-state index is 0.152. The standard InChI is InChI=1S/C27H32F4N4OS/c1-5-18-6-7-20(12-21(18)13-25(28)34)26(24(33)15-36-4)37-17(3)35-14-23(32)16(2)19-8-10-22(11-9-19)27(29,30)31/h5-13,16,23,35H,1,3,14-15,32-34H2,2,4H3/b25-13-,26-24-/t16-,23?/m0/s1. The number of nitrogens with two attached hydrogens (primary N) is 3. The number of rotatable bonds is 12. The second-order valence-corrected chi connectivity index (χ2v) is 9.45. The minimum atomic E-state index is -4.39. The smallest absolute Gasteiger partial charge is 0.399 e. The third kappa shape index (κ3) is 8.70. The molecule has 2 rings (SSSR count). The van der Waals surface area contributed by atoms with Gasteiger partial charge in [0.25, 0.3) is 0 Å². The van der Waals surface area contributed by atoms with E-state index in [1.165, 1.54) is 37.1 Å². The second-order valence-electron chi connectivity index (χ2n) is 8.34. The fraction of sp³-hybridized carbons (Fsp3) is 0.259. The molecule has 1 unspecified atom stereocenters. The van der Waals surface area contributed by atoms with Gasteiger partial charge in [-0.1, -0.05) is 62.2 Å². The first-order chi connectivity index (χ1) is 17.4. The molecule has 0 heterocycles. The average molecular weight is 537 g/mol. The molecule has 0 fully saturated rings. The molecule has 7 N–H and O–H groups in total. The van der Waals surface area contributed by atoms with E-state index in [4.69, 9.17) is 21.9 Å². The van der Waals surface area contributed by atoms with Crippen molar-refractivity contribution < 1.29 is 22.3 Å². The molecule has 2 aromatic rings. The molecule has 0 aliphatic heterocycles. The highest BCUT2D eigenvalue weighted by atomic mass is 32.2. The van der Waals surface area contributed by atoms with Crippen LogP contribution < -0.4 is 22.5 Å². The normalized spacial score (nSPS) is 14.5. The summed E-state index contributed by atoms with van der Waals surface area (Å²) in [4.78, 5) is 0.645.